The Morgan fingerprint density at radius 2 is 2.39 bits per heavy atom. The van der Waals surface area contributed by atoms with Gasteiger partial charge in [0.1, 0.15) is 0 Å². The number of anilines is 1. The Morgan fingerprint density at radius 1 is 1.61 bits per heavy atom. The van der Waals surface area contributed by atoms with Crippen LogP contribution in [-0.4, -0.2) is 42.4 Å². The fourth-order valence-electron chi connectivity index (χ4n) is 1.97. The van der Waals surface area contributed by atoms with Crippen molar-refractivity contribution in [1.82, 2.24) is 0 Å². The molecule has 1 N–H and O–H groups in total. The number of aliphatic hydroxyl groups is 1. The minimum atomic E-state index is -0.394. The van der Waals surface area contributed by atoms with Gasteiger partial charge in [-0.05, 0) is 34.7 Å². The predicted octanol–water partition coefficient (Wildman–Crippen LogP) is 1.40. The summed E-state index contributed by atoms with van der Waals surface area (Å²) in [6.07, 6.45) is 0. The molecular formula is C11H13IN2O4. The average molecular weight is 364 g/mol. The van der Waals surface area contributed by atoms with E-state index < -0.39 is 4.92 Å². The summed E-state index contributed by atoms with van der Waals surface area (Å²) in [6, 6.07) is 4.90. The molecule has 18 heavy (non-hydrogen) atoms. The van der Waals surface area contributed by atoms with Crippen LogP contribution in [0.5, 0.6) is 0 Å². The van der Waals surface area contributed by atoms with Gasteiger partial charge in [0.05, 0.1) is 34.4 Å². The van der Waals surface area contributed by atoms with E-state index >= 15 is 0 Å². The van der Waals surface area contributed by atoms with Gasteiger partial charge in [0.2, 0.25) is 0 Å². The number of nitro groups is 1. The molecular weight excluding hydrogens is 351 g/mol. The molecule has 1 aliphatic rings. The molecule has 1 saturated heterocycles. The number of halogens is 1. The van der Waals surface area contributed by atoms with Crippen LogP contribution in [0.4, 0.5) is 11.4 Å². The van der Waals surface area contributed by atoms with Crippen LogP contribution in [0.25, 0.3) is 0 Å². The number of nitrogens with zero attached hydrogens (tertiary/aromatic N) is 2. The fraction of sp³-hybridized carbons (Fsp3) is 0.455. The zero-order valence-corrected chi connectivity index (χ0v) is 11.7. The average Bonchev–Trinajstić information content (AvgIpc) is 2.38. The number of morpholine rings is 1. The van der Waals surface area contributed by atoms with Crippen LogP contribution in [0.3, 0.4) is 0 Å². The van der Waals surface area contributed by atoms with Gasteiger partial charge in [-0.15, -0.1) is 0 Å². The summed E-state index contributed by atoms with van der Waals surface area (Å²) in [7, 11) is 0. The van der Waals surface area contributed by atoms with Gasteiger partial charge in [-0.25, -0.2) is 0 Å². The minimum absolute atomic E-state index is 0.00751. The normalized spacial score (nSPS) is 19.9. The number of hydrogen-bond donors (Lipinski definition) is 1. The molecule has 0 spiro atoms. The second-order valence-corrected chi connectivity index (χ2v) is 5.16. The monoisotopic (exact) mass is 364 g/mol. The molecule has 98 valence electrons. The summed E-state index contributed by atoms with van der Waals surface area (Å²) in [5, 5.41) is 20.1. The molecule has 1 aromatic rings. The first-order valence-electron chi connectivity index (χ1n) is 5.52. The van der Waals surface area contributed by atoms with E-state index in [0.29, 0.717) is 23.3 Å². The van der Waals surface area contributed by atoms with Crippen molar-refractivity contribution in [3.05, 3.63) is 31.9 Å². The van der Waals surface area contributed by atoms with Gasteiger partial charge in [0.15, 0.2) is 0 Å². The lowest BCUT2D eigenvalue weighted by Gasteiger charge is -2.36. The molecule has 1 atom stereocenters. The van der Waals surface area contributed by atoms with E-state index in [1.807, 2.05) is 27.5 Å². The zero-order valence-electron chi connectivity index (χ0n) is 9.58. The summed E-state index contributed by atoms with van der Waals surface area (Å²) >= 11 is 1.95. The van der Waals surface area contributed by atoms with Crippen molar-refractivity contribution >= 4 is 34.0 Å². The van der Waals surface area contributed by atoms with Gasteiger partial charge in [-0.2, -0.15) is 0 Å². The predicted molar refractivity (Wildman–Crippen MR) is 74.9 cm³/mol. The molecule has 0 aliphatic carbocycles. The molecule has 0 saturated carbocycles. The topological polar surface area (TPSA) is 75.8 Å². The van der Waals surface area contributed by atoms with E-state index in [1.54, 1.807) is 12.1 Å². The van der Waals surface area contributed by atoms with Gasteiger partial charge in [0, 0.05) is 18.3 Å². The van der Waals surface area contributed by atoms with Crippen molar-refractivity contribution in [1.29, 1.82) is 0 Å². The lowest BCUT2D eigenvalue weighted by Crippen LogP contribution is -2.47. The Balaban J connectivity index is 2.27. The van der Waals surface area contributed by atoms with Crippen LogP contribution < -0.4 is 4.90 Å². The Bertz CT molecular complexity index is 455. The molecule has 0 bridgehead atoms. The Kier molecular flexibility index (Phi) is 4.36. The van der Waals surface area contributed by atoms with Gasteiger partial charge < -0.3 is 14.7 Å². The maximum Gasteiger partial charge on any atom is 0.282 e. The smallest absolute Gasteiger partial charge is 0.282 e. The quantitative estimate of drug-likeness (QED) is 0.499. The van der Waals surface area contributed by atoms with Gasteiger partial charge in [0.25, 0.3) is 5.69 Å². The first-order chi connectivity index (χ1) is 8.63. The SMILES string of the molecule is O=[N+]([O-])c1ccc(N2CCOCC2CO)cc1I. The van der Waals surface area contributed by atoms with Crippen molar-refractivity contribution in [2.45, 2.75) is 6.04 Å². The summed E-state index contributed by atoms with van der Waals surface area (Å²) in [4.78, 5) is 12.4. The van der Waals surface area contributed by atoms with E-state index in [0.717, 1.165) is 5.69 Å². The molecule has 1 unspecified atom stereocenters. The highest BCUT2D eigenvalue weighted by molar-refractivity contribution is 14.1. The van der Waals surface area contributed by atoms with Gasteiger partial charge >= 0.3 is 0 Å². The number of hydrogen-bond acceptors (Lipinski definition) is 5. The molecule has 1 aromatic carbocycles. The third-order valence-corrected chi connectivity index (χ3v) is 3.76. The maximum atomic E-state index is 10.8. The standard InChI is InChI=1S/C11H13IN2O4/c12-10-5-8(1-2-11(10)14(16)17)13-3-4-18-7-9(13)6-15/h1-2,5,9,15H,3-4,6-7H2. The van der Waals surface area contributed by atoms with Crippen LogP contribution in [-0.2, 0) is 4.74 Å². The fourth-order valence-corrected chi connectivity index (χ4v) is 2.66. The lowest BCUT2D eigenvalue weighted by atomic mass is 10.2. The Morgan fingerprint density at radius 3 is 3.00 bits per heavy atom. The largest absolute Gasteiger partial charge is 0.394 e. The molecule has 1 fully saturated rings. The maximum absolute atomic E-state index is 10.8. The van der Waals surface area contributed by atoms with Crippen molar-refractivity contribution in [3.8, 4) is 0 Å². The van der Waals surface area contributed by atoms with Gasteiger partial charge in [-0.3, -0.25) is 10.1 Å². The van der Waals surface area contributed by atoms with Crippen LogP contribution in [0.1, 0.15) is 0 Å². The van der Waals surface area contributed by atoms with Crippen LogP contribution in [0.15, 0.2) is 18.2 Å². The van der Waals surface area contributed by atoms with E-state index in [4.69, 9.17) is 4.74 Å². The molecule has 0 aromatic heterocycles. The number of rotatable bonds is 3. The summed E-state index contributed by atoms with van der Waals surface area (Å²) in [5.74, 6) is 0. The molecule has 1 heterocycles. The van der Waals surface area contributed by atoms with E-state index in [9.17, 15) is 15.2 Å². The van der Waals surface area contributed by atoms with Crippen LogP contribution in [0, 0.1) is 13.7 Å². The van der Waals surface area contributed by atoms with Crippen molar-refractivity contribution in [2.75, 3.05) is 31.3 Å². The highest BCUT2D eigenvalue weighted by Gasteiger charge is 2.24. The molecule has 0 amide bonds. The number of benzene rings is 1. The van der Waals surface area contributed by atoms with E-state index in [1.165, 1.54) is 6.07 Å². The van der Waals surface area contributed by atoms with Crippen molar-refractivity contribution in [3.63, 3.8) is 0 Å². The second kappa shape index (κ2) is 5.81. The minimum Gasteiger partial charge on any atom is -0.394 e. The summed E-state index contributed by atoms with van der Waals surface area (Å²) in [6.45, 7) is 1.76. The Hall–Kier alpha value is -0.930. The van der Waals surface area contributed by atoms with Crippen molar-refractivity contribution in [2.24, 2.45) is 0 Å². The lowest BCUT2D eigenvalue weighted by molar-refractivity contribution is -0.385. The molecule has 6 nitrogen and oxygen atoms in total. The first kappa shape index (κ1) is 13.5. The van der Waals surface area contributed by atoms with E-state index in [-0.39, 0.29) is 18.3 Å². The number of aliphatic hydroxyl groups excluding tert-OH is 1. The molecule has 2 rings (SSSR count). The molecule has 0 radical (unpaired) electrons. The van der Waals surface area contributed by atoms with E-state index in [2.05, 4.69) is 0 Å². The zero-order chi connectivity index (χ0) is 13.1. The second-order valence-electron chi connectivity index (χ2n) is 4.00. The van der Waals surface area contributed by atoms with Crippen LogP contribution in [0.2, 0.25) is 0 Å². The van der Waals surface area contributed by atoms with Gasteiger partial charge in [-0.1, -0.05) is 0 Å². The van der Waals surface area contributed by atoms with Crippen molar-refractivity contribution < 1.29 is 14.8 Å². The highest BCUT2D eigenvalue weighted by atomic mass is 127. The molecule has 7 heteroatoms. The third kappa shape index (κ3) is 2.73. The summed E-state index contributed by atoms with van der Waals surface area (Å²) < 4.78 is 5.90. The summed E-state index contributed by atoms with van der Waals surface area (Å²) in [5.41, 5.74) is 0.987. The molecule has 1 aliphatic heterocycles. The number of ether oxygens (including phenoxy) is 1. The first-order valence-corrected chi connectivity index (χ1v) is 6.60. The number of nitro benzene ring substituents is 1. The Labute approximate surface area is 118 Å². The third-order valence-electron chi connectivity index (χ3n) is 2.90. The van der Waals surface area contributed by atoms with Crippen LogP contribution >= 0.6 is 22.6 Å². The highest BCUT2D eigenvalue weighted by Crippen LogP contribution is 2.28.